The van der Waals surface area contributed by atoms with E-state index in [4.69, 9.17) is 4.42 Å². The largest absolute Gasteiger partial charge is 0.467 e. The van der Waals surface area contributed by atoms with E-state index in [2.05, 4.69) is 22.9 Å². The van der Waals surface area contributed by atoms with E-state index < -0.39 is 0 Å². The lowest BCUT2D eigenvalue weighted by molar-refractivity contribution is -0.119. The minimum atomic E-state index is -0.168. The Morgan fingerprint density at radius 1 is 0.963 bits per heavy atom. The van der Waals surface area contributed by atoms with Crippen LogP contribution in [0.3, 0.4) is 0 Å². The van der Waals surface area contributed by atoms with Gasteiger partial charge in [0.2, 0.25) is 5.91 Å². The summed E-state index contributed by atoms with van der Waals surface area (Å²) in [6.07, 6.45) is 7.46. The van der Waals surface area contributed by atoms with Gasteiger partial charge in [0, 0.05) is 17.8 Å². The summed E-state index contributed by atoms with van der Waals surface area (Å²) in [7, 11) is 0. The summed E-state index contributed by atoms with van der Waals surface area (Å²) in [4.78, 5) is 23.9. The molecule has 0 aliphatic carbocycles. The zero-order chi connectivity index (χ0) is 19.3. The van der Waals surface area contributed by atoms with Gasteiger partial charge in [0.1, 0.15) is 5.76 Å². The lowest BCUT2D eigenvalue weighted by atomic mass is 10.1. The Kier molecular flexibility index (Phi) is 8.96. The molecule has 0 bridgehead atoms. The first-order chi connectivity index (χ1) is 13.2. The quantitative estimate of drug-likeness (QED) is 0.497. The van der Waals surface area contributed by atoms with E-state index >= 15 is 0 Å². The van der Waals surface area contributed by atoms with Crippen LogP contribution >= 0.6 is 0 Å². The molecule has 146 valence electrons. The van der Waals surface area contributed by atoms with Gasteiger partial charge in [-0.2, -0.15) is 0 Å². The lowest BCUT2D eigenvalue weighted by Crippen LogP contribution is -2.30. The first-order valence-electron chi connectivity index (χ1n) is 9.60. The van der Waals surface area contributed by atoms with Crippen LogP contribution in [0.25, 0.3) is 0 Å². The molecule has 1 heterocycles. The number of anilines is 1. The highest BCUT2D eigenvalue weighted by Gasteiger charge is 2.06. The van der Waals surface area contributed by atoms with Crippen molar-refractivity contribution in [2.75, 3.05) is 18.4 Å². The SMILES string of the molecule is CCCCCCCNC(=O)CNc1ccc(C(=O)NCc2ccco2)cc1. The van der Waals surface area contributed by atoms with Gasteiger partial charge < -0.3 is 20.4 Å². The zero-order valence-electron chi connectivity index (χ0n) is 15.9. The number of unbranched alkanes of at least 4 members (excludes halogenated alkanes) is 4. The maximum absolute atomic E-state index is 12.1. The molecule has 2 rings (SSSR count). The molecule has 1 aromatic heterocycles. The molecule has 0 atom stereocenters. The molecule has 27 heavy (non-hydrogen) atoms. The third kappa shape index (κ3) is 7.98. The van der Waals surface area contributed by atoms with E-state index in [0.717, 1.165) is 25.1 Å². The summed E-state index contributed by atoms with van der Waals surface area (Å²) >= 11 is 0. The van der Waals surface area contributed by atoms with Gasteiger partial charge in [-0.15, -0.1) is 0 Å². The molecule has 0 radical (unpaired) electrons. The Hall–Kier alpha value is -2.76. The highest BCUT2D eigenvalue weighted by molar-refractivity contribution is 5.94. The fourth-order valence-electron chi connectivity index (χ4n) is 2.62. The average Bonchev–Trinajstić information content (AvgIpc) is 3.21. The van der Waals surface area contributed by atoms with Crippen molar-refractivity contribution >= 4 is 17.5 Å². The second-order valence-corrected chi connectivity index (χ2v) is 6.46. The van der Waals surface area contributed by atoms with Crippen molar-refractivity contribution in [3.63, 3.8) is 0 Å². The standard InChI is InChI=1S/C21H29N3O3/c1-2-3-4-5-6-13-22-20(25)16-23-18-11-9-17(10-12-18)21(26)24-15-19-8-7-14-27-19/h7-12,14,23H,2-6,13,15-16H2,1H3,(H,22,25)(H,24,26). The van der Waals surface area contributed by atoms with Crippen LogP contribution in [0.2, 0.25) is 0 Å². The van der Waals surface area contributed by atoms with Crippen molar-refractivity contribution in [1.82, 2.24) is 10.6 Å². The predicted octanol–water partition coefficient (Wildman–Crippen LogP) is 3.71. The summed E-state index contributed by atoms with van der Waals surface area (Å²) in [5.74, 6) is 0.516. The number of hydrogen-bond donors (Lipinski definition) is 3. The first-order valence-corrected chi connectivity index (χ1v) is 9.60. The number of nitrogens with one attached hydrogen (secondary N) is 3. The minimum Gasteiger partial charge on any atom is -0.467 e. The third-order valence-corrected chi connectivity index (χ3v) is 4.21. The maximum atomic E-state index is 12.1. The van der Waals surface area contributed by atoms with Gasteiger partial charge in [0.15, 0.2) is 0 Å². The van der Waals surface area contributed by atoms with Crippen LogP contribution in [-0.2, 0) is 11.3 Å². The zero-order valence-corrected chi connectivity index (χ0v) is 15.9. The second-order valence-electron chi connectivity index (χ2n) is 6.46. The molecular formula is C21H29N3O3. The molecule has 0 saturated carbocycles. The Labute approximate surface area is 160 Å². The lowest BCUT2D eigenvalue weighted by Gasteiger charge is -2.09. The van der Waals surface area contributed by atoms with Crippen LogP contribution in [0, 0.1) is 0 Å². The van der Waals surface area contributed by atoms with Crippen molar-refractivity contribution < 1.29 is 14.0 Å². The normalized spacial score (nSPS) is 10.4. The van der Waals surface area contributed by atoms with Crippen LogP contribution in [-0.4, -0.2) is 24.9 Å². The summed E-state index contributed by atoms with van der Waals surface area (Å²) in [6, 6.07) is 10.6. The number of rotatable bonds is 12. The summed E-state index contributed by atoms with van der Waals surface area (Å²) < 4.78 is 5.18. The summed E-state index contributed by atoms with van der Waals surface area (Å²) in [6.45, 7) is 3.48. The van der Waals surface area contributed by atoms with Gasteiger partial charge >= 0.3 is 0 Å². The summed E-state index contributed by atoms with van der Waals surface area (Å²) in [5.41, 5.74) is 1.36. The summed E-state index contributed by atoms with van der Waals surface area (Å²) in [5, 5.41) is 8.78. The highest BCUT2D eigenvalue weighted by Crippen LogP contribution is 2.10. The van der Waals surface area contributed by atoms with Crippen LogP contribution in [0.5, 0.6) is 0 Å². The molecule has 0 unspecified atom stereocenters. The number of carbonyl (C=O) groups excluding carboxylic acids is 2. The van der Waals surface area contributed by atoms with E-state index in [9.17, 15) is 9.59 Å². The van der Waals surface area contributed by atoms with E-state index in [1.54, 1.807) is 36.6 Å². The van der Waals surface area contributed by atoms with Crippen molar-refractivity contribution in [3.8, 4) is 0 Å². The smallest absolute Gasteiger partial charge is 0.251 e. The van der Waals surface area contributed by atoms with Gasteiger partial charge in [0.05, 0.1) is 19.4 Å². The minimum absolute atomic E-state index is 0.0224. The van der Waals surface area contributed by atoms with E-state index in [-0.39, 0.29) is 18.4 Å². The molecule has 2 aromatic rings. The van der Waals surface area contributed by atoms with Crippen LogP contribution in [0.15, 0.2) is 47.1 Å². The predicted molar refractivity (Wildman–Crippen MR) is 107 cm³/mol. The van der Waals surface area contributed by atoms with Crippen LogP contribution < -0.4 is 16.0 Å². The molecule has 3 N–H and O–H groups in total. The van der Waals surface area contributed by atoms with Gasteiger partial charge in [-0.3, -0.25) is 9.59 Å². The molecule has 0 saturated heterocycles. The first kappa shape index (κ1) is 20.6. The van der Waals surface area contributed by atoms with Gasteiger partial charge in [-0.1, -0.05) is 32.6 Å². The number of amides is 2. The molecule has 6 heteroatoms. The Morgan fingerprint density at radius 2 is 1.74 bits per heavy atom. The number of furan rings is 1. The van der Waals surface area contributed by atoms with Gasteiger partial charge in [0.25, 0.3) is 5.91 Å². The van der Waals surface area contributed by atoms with E-state index in [1.165, 1.54) is 19.3 Å². The Morgan fingerprint density at radius 3 is 2.44 bits per heavy atom. The second kappa shape index (κ2) is 11.8. The Bertz CT molecular complexity index is 681. The topological polar surface area (TPSA) is 83.4 Å². The average molecular weight is 371 g/mol. The van der Waals surface area contributed by atoms with Crippen LogP contribution in [0.1, 0.15) is 55.1 Å². The van der Waals surface area contributed by atoms with Crippen LogP contribution in [0.4, 0.5) is 5.69 Å². The van der Waals surface area contributed by atoms with Gasteiger partial charge in [-0.25, -0.2) is 0 Å². The number of hydrogen-bond acceptors (Lipinski definition) is 4. The van der Waals surface area contributed by atoms with E-state index in [0.29, 0.717) is 17.9 Å². The maximum Gasteiger partial charge on any atom is 0.251 e. The number of carbonyl (C=O) groups is 2. The third-order valence-electron chi connectivity index (χ3n) is 4.21. The molecule has 0 spiro atoms. The monoisotopic (exact) mass is 371 g/mol. The van der Waals surface area contributed by atoms with Crippen molar-refractivity contribution in [3.05, 3.63) is 54.0 Å². The van der Waals surface area contributed by atoms with Crippen molar-refractivity contribution in [2.45, 2.75) is 45.6 Å². The fourth-order valence-corrected chi connectivity index (χ4v) is 2.62. The van der Waals surface area contributed by atoms with Gasteiger partial charge in [-0.05, 0) is 42.8 Å². The molecule has 0 fully saturated rings. The van der Waals surface area contributed by atoms with Crippen molar-refractivity contribution in [1.29, 1.82) is 0 Å². The molecule has 6 nitrogen and oxygen atoms in total. The molecular weight excluding hydrogens is 342 g/mol. The van der Waals surface area contributed by atoms with E-state index in [1.807, 2.05) is 6.07 Å². The highest BCUT2D eigenvalue weighted by atomic mass is 16.3. The molecule has 1 aromatic carbocycles. The molecule has 0 aliphatic rings. The molecule has 2 amide bonds. The Balaban J connectivity index is 1.64. The van der Waals surface area contributed by atoms with Crippen molar-refractivity contribution in [2.24, 2.45) is 0 Å². The fraction of sp³-hybridized carbons (Fsp3) is 0.429. The molecule has 0 aliphatic heterocycles. The number of benzene rings is 1.